The number of carbonyl (C=O) groups is 1. The smallest absolute Gasteiger partial charge is 0.262 e. The van der Waals surface area contributed by atoms with E-state index >= 15 is 0 Å². The number of amides is 1. The van der Waals surface area contributed by atoms with Gasteiger partial charge in [-0.3, -0.25) is 14.2 Å². The van der Waals surface area contributed by atoms with Gasteiger partial charge in [0.05, 0.1) is 22.7 Å². The summed E-state index contributed by atoms with van der Waals surface area (Å²) < 4.78 is 14.5. The molecule has 0 radical (unpaired) electrons. The summed E-state index contributed by atoms with van der Waals surface area (Å²) in [5.41, 5.74) is 1.25. The van der Waals surface area contributed by atoms with Crippen LogP contribution in [0.25, 0.3) is 10.9 Å². The van der Waals surface area contributed by atoms with Gasteiger partial charge in [-0.25, -0.2) is 9.37 Å². The Morgan fingerprint density at radius 1 is 1.29 bits per heavy atom. The van der Waals surface area contributed by atoms with Crippen LogP contribution in [0.15, 0.2) is 71.1 Å². The molecule has 0 saturated carbocycles. The summed E-state index contributed by atoms with van der Waals surface area (Å²) in [5, 5.41) is 3.87. The number of aromatic nitrogens is 2. The number of hydrogen-bond donors (Lipinski definition) is 1. The Labute approximate surface area is 166 Å². The van der Waals surface area contributed by atoms with Crippen LogP contribution in [-0.2, 0) is 11.3 Å². The molecule has 1 unspecified atom stereocenters. The summed E-state index contributed by atoms with van der Waals surface area (Å²) in [6.07, 6.45) is 1.62. The fraction of sp³-hybridized carbons (Fsp3) is 0.190. The quantitative estimate of drug-likeness (QED) is 0.375. The highest BCUT2D eigenvalue weighted by Crippen LogP contribution is 2.19. The van der Waals surface area contributed by atoms with Gasteiger partial charge in [0, 0.05) is 6.54 Å². The van der Waals surface area contributed by atoms with Gasteiger partial charge in [0.2, 0.25) is 5.91 Å². The lowest BCUT2D eigenvalue weighted by Crippen LogP contribution is -2.29. The summed E-state index contributed by atoms with van der Waals surface area (Å²) in [6.45, 7) is 5.83. The fourth-order valence-electron chi connectivity index (χ4n) is 2.80. The first-order valence-electron chi connectivity index (χ1n) is 8.77. The van der Waals surface area contributed by atoms with Crippen molar-refractivity contribution in [2.75, 3.05) is 5.75 Å². The zero-order valence-corrected chi connectivity index (χ0v) is 16.2. The van der Waals surface area contributed by atoms with E-state index in [1.165, 1.54) is 28.5 Å². The zero-order chi connectivity index (χ0) is 20.1. The molecule has 5 nitrogen and oxygen atoms in total. The Balaban J connectivity index is 1.74. The fourth-order valence-corrected chi connectivity index (χ4v) is 3.62. The number of nitrogens with zero attached hydrogens (tertiary/aromatic N) is 2. The van der Waals surface area contributed by atoms with E-state index in [9.17, 15) is 14.0 Å². The molecule has 144 valence electrons. The molecule has 1 aromatic heterocycles. The van der Waals surface area contributed by atoms with Crippen molar-refractivity contribution in [3.8, 4) is 0 Å². The highest BCUT2D eigenvalue weighted by Gasteiger charge is 2.14. The van der Waals surface area contributed by atoms with Crippen molar-refractivity contribution in [2.24, 2.45) is 0 Å². The SMILES string of the molecule is C=CCn1c(SCC(=O)NC(C)c2ccc(F)cc2)nc2ccccc2c1=O. The van der Waals surface area contributed by atoms with E-state index in [0.29, 0.717) is 22.6 Å². The van der Waals surface area contributed by atoms with E-state index < -0.39 is 0 Å². The van der Waals surface area contributed by atoms with Gasteiger partial charge in [-0.05, 0) is 36.8 Å². The predicted octanol–water partition coefficient (Wildman–Crippen LogP) is 3.69. The van der Waals surface area contributed by atoms with E-state index in [0.717, 1.165) is 5.56 Å². The maximum absolute atomic E-state index is 13.0. The van der Waals surface area contributed by atoms with E-state index in [4.69, 9.17) is 0 Å². The van der Waals surface area contributed by atoms with Crippen LogP contribution in [0.4, 0.5) is 4.39 Å². The molecule has 0 fully saturated rings. The molecule has 1 atom stereocenters. The molecule has 3 rings (SSSR count). The van der Waals surface area contributed by atoms with E-state index in [1.54, 1.807) is 36.4 Å². The van der Waals surface area contributed by atoms with Crippen molar-refractivity contribution in [3.05, 3.63) is 82.9 Å². The van der Waals surface area contributed by atoms with Crippen LogP contribution in [-0.4, -0.2) is 21.2 Å². The second-order valence-corrected chi connectivity index (χ2v) is 7.19. The normalized spacial score (nSPS) is 11.9. The number of allylic oxidation sites excluding steroid dienone is 1. The third-order valence-corrected chi connectivity index (χ3v) is 5.19. The van der Waals surface area contributed by atoms with Gasteiger partial charge in [0.1, 0.15) is 5.82 Å². The Bertz CT molecular complexity index is 1060. The summed E-state index contributed by atoms with van der Waals surface area (Å²) >= 11 is 1.20. The topological polar surface area (TPSA) is 64.0 Å². The van der Waals surface area contributed by atoms with E-state index in [1.807, 2.05) is 13.0 Å². The number of thioether (sulfide) groups is 1. The summed E-state index contributed by atoms with van der Waals surface area (Å²) in [5.74, 6) is -0.414. The number of halogens is 1. The summed E-state index contributed by atoms with van der Waals surface area (Å²) in [4.78, 5) is 29.6. The molecule has 1 N–H and O–H groups in total. The molecule has 7 heteroatoms. The lowest BCUT2D eigenvalue weighted by atomic mass is 10.1. The number of para-hydroxylation sites is 1. The maximum atomic E-state index is 13.0. The predicted molar refractivity (Wildman–Crippen MR) is 110 cm³/mol. The molecule has 0 aliphatic rings. The van der Waals surface area contributed by atoms with Crippen LogP contribution in [0.1, 0.15) is 18.5 Å². The molecule has 0 saturated heterocycles. The first-order valence-corrected chi connectivity index (χ1v) is 9.76. The van der Waals surface area contributed by atoms with Crippen molar-refractivity contribution >= 4 is 28.6 Å². The number of fused-ring (bicyclic) bond motifs is 1. The van der Waals surface area contributed by atoms with Crippen LogP contribution in [0.2, 0.25) is 0 Å². The molecule has 1 heterocycles. The molecular weight excluding hydrogens is 377 g/mol. The van der Waals surface area contributed by atoms with Crippen LogP contribution in [0, 0.1) is 5.82 Å². The van der Waals surface area contributed by atoms with Gasteiger partial charge < -0.3 is 5.32 Å². The van der Waals surface area contributed by atoms with Crippen LogP contribution in [0.3, 0.4) is 0 Å². The minimum Gasteiger partial charge on any atom is -0.349 e. The zero-order valence-electron chi connectivity index (χ0n) is 15.4. The first-order chi connectivity index (χ1) is 13.5. The molecule has 0 bridgehead atoms. The number of rotatable bonds is 7. The van der Waals surface area contributed by atoms with Gasteiger partial charge in [0.25, 0.3) is 5.56 Å². The van der Waals surface area contributed by atoms with Gasteiger partial charge in [-0.1, -0.05) is 42.1 Å². The van der Waals surface area contributed by atoms with Gasteiger partial charge in [-0.2, -0.15) is 0 Å². The van der Waals surface area contributed by atoms with Crippen molar-refractivity contribution < 1.29 is 9.18 Å². The molecule has 0 aliphatic heterocycles. The van der Waals surface area contributed by atoms with E-state index in [2.05, 4.69) is 16.9 Å². The Kier molecular flexibility index (Phi) is 6.26. The second kappa shape index (κ2) is 8.84. The lowest BCUT2D eigenvalue weighted by Gasteiger charge is -2.15. The molecule has 3 aromatic rings. The Morgan fingerprint density at radius 2 is 2.00 bits per heavy atom. The average Bonchev–Trinajstić information content (AvgIpc) is 2.69. The number of benzene rings is 2. The van der Waals surface area contributed by atoms with Gasteiger partial charge in [0.15, 0.2) is 5.16 Å². The van der Waals surface area contributed by atoms with Crippen molar-refractivity contribution in [1.82, 2.24) is 14.9 Å². The number of hydrogen-bond acceptors (Lipinski definition) is 4. The minimum absolute atomic E-state index is 0.105. The third-order valence-electron chi connectivity index (χ3n) is 4.22. The van der Waals surface area contributed by atoms with E-state index in [-0.39, 0.29) is 29.1 Å². The van der Waals surface area contributed by atoms with Crippen molar-refractivity contribution in [3.63, 3.8) is 0 Å². The Morgan fingerprint density at radius 3 is 2.71 bits per heavy atom. The van der Waals surface area contributed by atoms with Crippen LogP contribution < -0.4 is 10.9 Å². The highest BCUT2D eigenvalue weighted by atomic mass is 32.2. The van der Waals surface area contributed by atoms with Crippen LogP contribution in [0.5, 0.6) is 0 Å². The lowest BCUT2D eigenvalue weighted by molar-refractivity contribution is -0.119. The molecular formula is C21H20FN3O2S. The molecule has 28 heavy (non-hydrogen) atoms. The Hall–Kier alpha value is -2.93. The molecule has 2 aromatic carbocycles. The maximum Gasteiger partial charge on any atom is 0.262 e. The standard InChI is InChI=1S/C21H20FN3O2S/c1-3-12-25-20(27)17-6-4-5-7-18(17)24-21(25)28-13-19(26)23-14(2)15-8-10-16(22)11-9-15/h3-11,14H,1,12-13H2,2H3,(H,23,26). The van der Waals surface area contributed by atoms with Gasteiger partial charge >= 0.3 is 0 Å². The van der Waals surface area contributed by atoms with Gasteiger partial charge in [-0.15, -0.1) is 6.58 Å². The van der Waals surface area contributed by atoms with Crippen molar-refractivity contribution in [1.29, 1.82) is 0 Å². The highest BCUT2D eigenvalue weighted by molar-refractivity contribution is 7.99. The summed E-state index contributed by atoms with van der Waals surface area (Å²) in [6, 6.07) is 12.9. The number of nitrogens with one attached hydrogen (secondary N) is 1. The second-order valence-electron chi connectivity index (χ2n) is 6.25. The van der Waals surface area contributed by atoms with Crippen molar-refractivity contribution in [2.45, 2.75) is 24.7 Å². The largest absolute Gasteiger partial charge is 0.349 e. The molecule has 0 spiro atoms. The first kappa shape index (κ1) is 19.8. The number of carbonyl (C=O) groups excluding carboxylic acids is 1. The third kappa shape index (κ3) is 4.48. The monoisotopic (exact) mass is 397 g/mol. The van der Waals surface area contributed by atoms with Crippen LogP contribution >= 0.6 is 11.8 Å². The molecule has 1 amide bonds. The molecule has 0 aliphatic carbocycles. The minimum atomic E-state index is -0.319. The summed E-state index contributed by atoms with van der Waals surface area (Å²) in [7, 11) is 0. The average molecular weight is 397 g/mol.